The Morgan fingerprint density at radius 3 is 2.28 bits per heavy atom. The van der Waals surface area contributed by atoms with Gasteiger partial charge in [-0.15, -0.1) is 0 Å². The minimum atomic E-state index is -0.691. The second kappa shape index (κ2) is 10.5. The van der Waals surface area contributed by atoms with Crippen LogP contribution in [-0.4, -0.2) is 69.8 Å². The molecule has 2 rings (SSSR count). The highest BCUT2D eigenvalue weighted by molar-refractivity contribution is 5.97. The third-order valence-electron chi connectivity index (χ3n) is 4.80. The van der Waals surface area contributed by atoms with Crippen molar-refractivity contribution in [3.8, 4) is 17.2 Å². The van der Waals surface area contributed by atoms with E-state index in [9.17, 15) is 14.4 Å². The lowest BCUT2D eigenvalue weighted by atomic mass is 10.0. The first kappa shape index (κ1) is 22.3. The molecular formula is C20H28N2O7. The lowest BCUT2D eigenvalue weighted by molar-refractivity contribution is -0.152. The Bertz CT molecular complexity index is 725. The van der Waals surface area contributed by atoms with E-state index in [0.717, 1.165) is 19.3 Å². The number of hydrogen-bond donors (Lipinski definition) is 1. The Hall–Kier alpha value is -2.97. The fraction of sp³-hybridized carbons (Fsp3) is 0.550. The maximum Gasteiger partial charge on any atom is 0.325 e. The van der Waals surface area contributed by atoms with Crippen molar-refractivity contribution in [2.75, 3.05) is 41.0 Å². The zero-order valence-electron chi connectivity index (χ0n) is 17.3. The van der Waals surface area contributed by atoms with E-state index < -0.39 is 11.9 Å². The molecular weight excluding hydrogens is 380 g/mol. The summed E-state index contributed by atoms with van der Waals surface area (Å²) in [6.07, 6.45) is 3.00. The van der Waals surface area contributed by atoms with Crippen LogP contribution in [0.1, 0.15) is 36.5 Å². The molecule has 9 heteroatoms. The molecule has 0 radical (unpaired) electrons. The van der Waals surface area contributed by atoms with Crippen LogP contribution < -0.4 is 19.5 Å². The molecule has 0 unspecified atom stereocenters. The zero-order valence-corrected chi connectivity index (χ0v) is 17.3. The van der Waals surface area contributed by atoms with E-state index in [1.54, 1.807) is 4.90 Å². The minimum Gasteiger partial charge on any atom is -0.493 e. The average Bonchev–Trinajstić information content (AvgIpc) is 2.74. The van der Waals surface area contributed by atoms with E-state index in [4.69, 9.17) is 18.9 Å². The summed E-state index contributed by atoms with van der Waals surface area (Å²) in [6.45, 7) is 1.97. The molecule has 0 spiro atoms. The van der Waals surface area contributed by atoms with E-state index in [0.29, 0.717) is 23.8 Å². The van der Waals surface area contributed by atoms with Gasteiger partial charge in [-0.1, -0.05) is 0 Å². The van der Waals surface area contributed by atoms with Crippen molar-refractivity contribution in [3.63, 3.8) is 0 Å². The minimum absolute atomic E-state index is 0.148. The smallest absolute Gasteiger partial charge is 0.325 e. The number of carbonyl (C=O) groups is 3. The molecule has 2 amide bonds. The fourth-order valence-electron chi connectivity index (χ4n) is 3.21. The topological polar surface area (TPSA) is 103 Å². The number of likely N-dealkylation sites (tertiary alicyclic amines) is 1. The van der Waals surface area contributed by atoms with Crippen LogP contribution in [0.15, 0.2) is 12.1 Å². The predicted octanol–water partition coefficient (Wildman–Crippen LogP) is 1.39. The van der Waals surface area contributed by atoms with Crippen LogP contribution in [-0.2, 0) is 14.3 Å². The first-order valence-corrected chi connectivity index (χ1v) is 9.44. The van der Waals surface area contributed by atoms with Crippen molar-refractivity contribution in [1.82, 2.24) is 10.2 Å². The number of ether oxygens (including phenoxy) is 4. The zero-order chi connectivity index (χ0) is 21.4. The number of nitrogens with one attached hydrogen (secondary N) is 1. The summed E-state index contributed by atoms with van der Waals surface area (Å²) in [5.41, 5.74) is 0.227. The molecule has 0 bridgehead atoms. The average molecular weight is 408 g/mol. The molecule has 1 fully saturated rings. The third-order valence-corrected chi connectivity index (χ3v) is 4.80. The van der Waals surface area contributed by atoms with Gasteiger partial charge in [0.2, 0.25) is 5.75 Å². The molecule has 1 aliphatic rings. The predicted molar refractivity (Wildman–Crippen MR) is 104 cm³/mol. The van der Waals surface area contributed by atoms with E-state index in [-0.39, 0.29) is 30.7 Å². The second-order valence-electron chi connectivity index (χ2n) is 6.69. The lowest BCUT2D eigenvalue weighted by Gasteiger charge is -2.33. The molecule has 1 heterocycles. The van der Waals surface area contributed by atoms with Crippen LogP contribution in [0.25, 0.3) is 0 Å². The van der Waals surface area contributed by atoms with Crippen LogP contribution in [0, 0.1) is 0 Å². The van der Waals surface area contributed by atoms with Crippen molar-refractivity contribution < 1.29 is 33.3 Å². The highest BCUT2D eigenvalue weighted by atomic mass is 16.5. The Kier molecular flexibility index (Phi) is 8.11. The third kappa shape index (κ3) is 5.75. The van der Waals surface area contributed by atoms with Crippen molar-refractivity contribution in [2.45, 2.75) is 32.2 Å². The molecule has 0 saturated carbocycles. The van der Waals surface area contributed by atoms with Gasteiger partial charge in [0.1, 0.15) is 6.54 Å². The normalized spacial score (nSPS) is 16.0. The first-order valence-electron chi connectivity index (χ1n) is 9.44. The highest BCUT2D eigenvalue weighted by Crippen LogP contribution is 2.38. The van der Waals surface area contributed by atoms with Crippen molar-refractivity contribution >= 4 is 17.8 Å². The van der Waals surface area contributed by atoms with Gasteiger partial charge in [0.25, 0.3) is 11.8 Å². The van der Waals surface area contributed by atoms with Crippen molar-refractivity contribution in [2.24, 2.45) is 0 Å². The van der Waals surface area contributed by atoms with Crippen LogP contribution >= 0.6 is 0 Å². The van der Waals surface area contributed by atoms with Crippen LogP contribution in [0.5, 0.6) is 17.2 Å². The quantitative estimate of drug-likeness (QED) is 0.648. The Morgan fingerprint density at radius 1 is 1.07 bits per heavy atom. The van der Waals surface area contributed by atoms with Crippen LogP contribution in [0.2, 0.25) is 0 Å². The summed E-state index contributed by atoms with van der Waals surface area (Å²) in [6, 6.07) is 3.10. The Balaban J connectivity index is 1.88. The summed E-state index contributed by atoms with van der Waals surface area (Å²) >= 11 is 0. The number of methoxy groups -OCH3 is 3. The van der Waals surface area contributed by atoms with Gasteiger partial charge in [-0.25, -0.2) is 0 Å². The van der Waals surface area contributed by atoms with Crippen molar-refractivity contribution in [3.05, 3.63) is 17.7 Å². The van der Waals surface area contributed by atoms with Gasteiger partial charge in [-0.3, -0.25) is 14.4 Å². The number of carbonyl (C=O) groups excluding carboxylic acids is 3. The number of rotatable bonds is 8. The van der Waals surface area contributed by atoms with E-state index in [1.165, 1.54) is 33.5 Å². The first-order chi connectivity index (χ1) is 13.9. The largest absolute Gasteiger partial charge is 0.493 e. The van der Waals surface area contributed by atoms with E-state index in [2.05, 4.69) is 5.32 Å². The van der Waals surface area contributed by atoms with Gasteiger partial charge in [0.15, 0.2) is 18.1 Å². The fourth-order valence-corrected chi connectivity index (χ4v) is 3.21. The number of benzene rings is 1. The van der Waals surface area contributed by atoms with Gasteiger partial charge in [-0.2, -0.15) is 0 Å². The molecule has 1 saturated heterocycles. The Labute approximate surface area is 170 Å². The molecule has 1 aromatic rings. The maximum atomic E-state index is 12.4. The maximum absolute atomic E-state index is 12.4. The van der Waals surface area contributed by atoms with Gasteiger partial charge in [-0.05, 0) is 38.3 Å². The van der Waals surface area contributed by atoms with Crippen molar-refractivity contribution in [1.29, 1.82) is 0 Å². The number of piperidine rings is 1. The summed E-state index contributed by atoms with van der Waals surface area (Å²) in [4.78, 5) is 38.2. The van der Waals surface area contributed by atoms with Gasteiger partial charge in [0.05, 0.1) is 21.3 Å². The van der Waals surface area contributed by atoms with Gasteiger partial charge >= 0.3 is 5.97 Å². The molecule has 29 heavy (non-hydrogen) atoms. The molecule has 0 aliphatic carbocycles. The summed E-state index contributed by atoms with van der Waals surface area (Å²) in [5.74, 6) is -0.430. The van der Waals surface area contributed by atoms with E-state index in [1.807, 2.05) is 6.92 Å². The highest BCUT2D eigenvalue weighted by Gasteiger charge is 2.24. The summed E-state index contributed by atoms with van der Waals surface area (Å²) in [7, 11) is 4.34. The number of amides is 2. The molecule has 1 atom stereocenters. The molecule has 9 nitrogen and oxygen atoms in total. The monoisotopic (exact) mass is 408 g/mol. The number of nitrogens with zero attached hydrogens (tertiary/aromatic N) is 1. The second-order valence-corrected chi connectivity index (χ2v) is 6.69. The molecule has 1 N–H and O–H groups in total. The molecule has 160 valence electrons. The lowest BCUT2D eigenvalue weighted by Crippen LogP contribution is -2.44. The van der Waals surface area contributed by atoms with Crippen LogP contribution in [0.4, 0.5) is 0 Å². The SMILES string of the molecule is COc1cc(C(=O)NCC(=O)OCC(=O)N2CCCC[C@H]2C)cc(OC)c1OC. The van der Waals surface area contributed by atoms with Gasteiger partial charge in [0, 0.05) is 18.2 Å². The summed E-state index contributed by atoms with van der Waals surface area (Å²) < 4.78 is 20.6. The number of esters is 1. The Morgan fingerprint density at radius 2 is 1.72 bits per heavy atom. The number of hydrogen-bond acceptors (Lipinski definition) is 7. The molecule has 0 aromatic heterocycles. The van der Waals surface area contributed by atoms with Gasteiger partial charge < -0.3 is 29.2 Å². The van der Waals surface area contributed by atoms with E-state index >= 15 is 0 Å². The summed E-state index contributed by atoms with van der Waals surface area (Å²) in [5, 5.41) is 2.46. The van der Waals surface area contributed by atoms with Crippen LogP contribution in [0.3, 0.4) is 0 Å². The standard InChI is InChI=1S/C20H28N2O7/c1-13-7-5-6-8-22(13)17(23)12-29-18(24)11-21-20(25)14-9-15(26-2)19(28-4)16(10-14)27-3/h9-10,13H,5-8,11-12H2,1-4H3,(H,21,25)/t13-/m1/s1. The molecule has 1 aliphatic heterocycles. The molecule has 1 aromatic carbocycles.